The van der Waals surface area contributed by atoms with Gasteiger partial charge in [0, 0.05) is 13.1 Å². The van der Waals surface area contributed by atoms with Gasteiger partial charge in [-0.05, 0) is 31.2 Å². The molecule has 0 aromatic heterocycles. The van der Waals surface area contributed by atoms with Gasteiger partial charge in [-0.25, -0.2) is 4.79 Å². The predicted octanol–water partition coefficient (Wildman–Crippen LogP) is 2.30. The minimum atomic E-state index is -0.750. The first-order chi connectivity index (χ1) is 10.1. The van der Waals surface area contributed by atoms with Gasteiger partial charge in [-0.15, -0.1) is 0 Å². The Hall–Kier alpha value is -2.04. The monoisotopic (exact) mass is 290 g/mol. The maximum atomic E-state index is 11.8. The van der Waals surface area contributed by atoms with Gasteiger partial charge in [0.1, 0.15) is 0 Å². The van der Waals surface area contributed by atoms with E-state index < -0.39 is 5.97 Å². The largest absolute Gasteiger partial charge is 0.481 e. The summed E-state index contributed by atoms with van der Waals surface area (Å²) >= 11 is 0. The van der Waals surface area contributed by atoms with Gasteiger partial charge in [-0.3, -0.25) is 4.79 Å². The summed E-state index contributed by atoms with van der Waals surface area (Å²) < 4.78 is 0. The second-order valence-corrected chi connectivity index (χ2v) is 5.69. The molecule has 5 nitrogen and oxygen atoms in total. The second-order valence-electron chi connectivity index (χ2n) is 5.69. The third-order valence-electron chi connectivity index (χ3n) is 4.04. The van der Waals surface area contributed by atoms with Crippen LogP contribution in [0.1, 0.15) is 30.4 Å². The molecule has 5 heteroatoms. The van der Waals surface area contributed by atoms with E-state index in [2.05, 4.69) is 10.6 Å². The van der Waals surface area contributed by atoms with Crippen LogP contribution in [0.4, 0.5) is 4.79 Å². The van der Waals surface area contributed by atoms with Gasteiger partial charge in [-0.1, -0.05) is 36.2 Å². The van der Waals surface area contributed by atoms with Crippen LogP contribution in [0.15, 0.2) is 24.3 Å². The van der Waals surface area contributed by atoms with Crippen LogP contribution < -0.4 is 10.6 Å². The number of hydrogen-bond donors (Lipinski definition) is 3. The Morgan fingerprint density at radius 3 is 2.81 bits per heavy atom. The highest BCUT2D eigenvalue weighted by Gasteiger charge is 2.32. The Balaban J connectivity index is 1.74. The molecular weight excluding hydrogens is 268 g/mol. The zero-order valence-corrected chi connectivity index (χ0v) is 12.3. The molecule has 0 heterocycles. The molecule has 0 aliphatic heterocycles. The highest BCUT2D eigenvalue weighted by Crippen LogP contribution is 2.31. The summed E-state index contributed by atoms with van der Waals surface area (Å²) in [6, 6.07) is 7.71. The van der Waals surface area contributed by atoms with Gasteiger partial charge in [0.15, 0.2) is 0 Å². The Morgan fingerprint density at radius 1 is 1.29 bits per heavy atom. The molecule has 2 rings (SSSR count). The van der Waals surface area contributed by atoms with Crippen molar-refractivity contribution in [2.45, 2.75) is 32.7 Å². The van der Waals surface area contributed by atoms with Crippen LogP contribution in [0, 0.1) is 18.8 Å². The smallest absolute Gasteiger partial charge is 0.315 e. The predicted molar refractivity (Wildman–Crippen MR) is 79.9 cm³/mol. The molecule has 0 spiro atoms. The van der Waals surface area contributed by atoms with Crippen molar-refractivity contribution in [2.75, 3.05) is 6.54 Å². The van der Waals surface area contributed by atoms with Crippen molar-refractivity contribution >= 4 is 12.0 Å². The number of rotatable bonds is 5. The van der Waals surface area contributed by atoms with Gasteiger partial charge in [-0.2, -0.15) is 0 Å². The van der Waals surface area contributed by atoms with Gasteiger partial charge in [0.25, 0.3) is 0 Å². The maximum absolute atomic E-state index is 11.8. The molecule has 1 aromatic rings. The van der Waals surface area contributed by atoms with E-state index in [1.54, 1.807) is 0 Å². The van der Waals surface area contributed by atoms with Crippen LogP contribution in [0.5, 0.6) is 0 Å². The van der Waals surface area contributed by atoms with Crippen molar-refractivity contribution < 1.29 is 14.7 Å². The lowest BCUT2D eigenvalue weighted by atomic mass is 9.96. The molecule has 1 aliphatic rings. The molecule has 1 aromatic carbocycles. The van der Waals surface area contributed by atoms with Gasteiger partial charge in [0.05, 0.1) is 5.92 Å². The SMILES string of the molecule is Cc1cccc(CNC(=O)NCC2CCCC2C(=O)O)c1. The fourth-order valence-electron chi connectivity index (χ4n) is 2.90. The zero-order chi connectivity index (χ0) is 15.2. The lowest BCUT2D eigenvalue weighted by Crippen LogP contribution is -2.39. The lowest BCUT2D eigenvalue weighted by Gasteiger charge is -2.16. The number of nitrogens with one attached hydrogen (secondary N) is 2. The standard InChI is InChI=1S/C16H22N2O3/c1-11-4-2-5-12(8-11)9-17-16(21)18-10-13-6-3-7-14(13)15(19)20/h2,4-5,8,13-14H,3,6-7,9-10H2,1H3,(H,19,20)(H2,17,18,21). The average molecular weight is 290 g/mol. The lowest BCUT2D eigenvalue weighted by molar-refractivity contribution is -0.142. The highest BCUT2D eigenvalue weighted by molar-refractivity contribution is 5.74. The van der Waals surface area contributed by atoms with Gasteiger partial charge >= 0.3 is 12.0 Å². The number of carbonyl (C=O) groups excluding carboxylic acids is 1. The van der Waals surface area contributed by atoms with E-state index in [0.717, 1.165) is 24.0 Å². The number of carbonyl (C=O) groups is 2. The number of carboxylic acid groups (broad SMARTS) is 1. The molecule has 1 aliphatic carbocycles. The number of benzene rings is 1. The molecule has 1 saturated carbocycles. The fraction of sp³-hybridized carbons (Fsp3) is 0.500. The maximum Gasteiger partial charge on any atom is 0.315 e. The summed E-state index contributed by atoms with van der Waals surface area (Å²) in [5.41, 5.74) is 2.21. The van der Waals surface area contributed by atoms with E-state index in [-0.39, 0.29) is 17.9 Å². The van der Waals surface area contributed by atoms with Crippen molar-refractivity contribution in [2.24, 2.45) is 11.8 Å². The molecular formula is C16H22N2O3. The Bertz CT molecular complexity index is 516. The summed E-state index contributed by atoms with van der Waals surface area (Å²) in [7, 11) is 0. The van der Waals surface area contributed by atoms with Crippen LogP contribution in [0.25, 0.3) is 0 Å². The first-order valence-corrected chi connectivity index (χ1v) is 7.36. The number of urea groups is 1. The number of hydrogen-bond acceptors (Lipinski definition) is 2. The van der Waals surface area contributed by atoms with Gasteiger partial charge in [0.2, 0.25) is 0 Å². The molecule has 1 fully saturated rings. The second kappa shape index (κ2) is 7.11. The molecule has 2 unspecified atom stereocenters. The van der Waals surface area contributed by atoms with E-state index in [4.69, 9.17) is 5.11 Å². The normalized spacial score (nSPS) is 21.0. The van der Waals surface area contributed by atoms with E-state index in [1.165, 1.54) is 0 Å². The number of aryl methyl sites for hydroxylation is 1. The molecule has 0 bridgehead atoms. The Kier molecular flexibility index (Phi) is 5.20. The van der Waals surface area contributed by atoms with Crippen molar-refractivity contribution in [3.63, 3.8) is 0 Å². The first-order valence-electron chi connectivity index (χ1n) is 7.36. The molecule has 2 atom stereocenters. The number of carboxylic acids is 1. The summed E-state index contributed by atoms with van der Waals surface area (Å²) in [5.74, 6) is -1.02. The quantitative estimate of drug-likeness (QED) is 0.778. The topological polar surface area (TPSA) is 78.4 Å². The third kappa shape index (κ3) is 4.48. The molecule has 21 heavy (non-hydrogen) atoms. The van der Waals surface area contributed by atoms with Crippen LogP contribution in [-0.2, 0) is 11.3 Å². The molecule has 0 radical (unpaired) electrons. The molecule has 114 valence electrons. The highest BCUT2D eigenvalue weighted by atomic mass is 16.4. The summed E-state index contributed by atoms with van der Waals surface area (Å²) in [4.78, 5) is 22.8. The molecule has 2 amide bonds. The summed E-state index contributed by atoms with van der Waals surface area (Å²) in [6.07, 6.45) is 2.51. The molecule has 0 saturated heterocycles. The fourth-order valence-corrected chi connectivity index (χ4v) is 2.90. The van der Waals surface area contributed by atoms with Crippen molar-refractivity contribution in [1.82, 2.24) is 10.6 Å². The molecule has 3 N–H and O–H groups in total. The third-order valence-corrected chi connectivity index (χ3v) is 4.04. The van der Waals surface area contributed by atoms with Crippen LogP contribution >= 0.6 is 0 Å². The Morgan fingerprint density at radius 2 is 2.10 bits per heavy atom. The summed E-state index contributed by atoms with van der Waals surface area (Å²) in [5, 5.41) is 14.7. The van der Waals surface area contributed by atoms with Gasteiger partial charge < -0.3 is 15.7 Å². The minimum absolute atomic E-state index is 0.0484. The number of aliphatic carboxylic acids is 1. The number of amides is 2. The van der Waals surface area contributed by atoms with E-state index in [9.17, 15) is 9.59 Å². The first kappa shape index (κ1) is 15.4. The van der Waals surface area contributed by atoms with Crippen molar-refractivity contribution in [3.8, 4) is 0 Å². The van der Waals surface area contributed by atoms with Crippen molar-refractivity contribution in [3.05, 3.63) is 35.4 Å². The van der Waals surface area contributed by atoms with E-state index >= 15 is 0 Å². The van der Waals surface area contributed by atoms with Crippen LogP contribution in [0.2, 0.25) is 0 Å². The van der Waals surface area contributed by atoms with E-state index in [1.807, 2.05) is 31.2 Å². The van der Waals surface area contributed by atoms with Crippen LogP contribution in [0.3, 0.4) is 0 Å². The van der Waals surface area contributed by atoms with Crippen LogP contribution in [-0.4, -0.2) is 23.7 Å². The Labute approximate surface area is 124 Å². The summed E-state index contributed by atoms with van der Waals surface area (Å²) in [6.45, 7) is 2.91. The minimum Gasteiger partial charge on any atom is -0.481 e. The zero-order valence-electron chi connectivity index (χ0n) is 12.3. The van der Waals surface area contributed by atoms with Crippen molar-refractivity contribution in [1.29, 1.82) is 0 Å². The van der Waals surface area contributed by atoms with E-state index in [0.29, 0.717) is 19.5 Å². The average Bonchev–Trinajstić information content (AvgIpc) is 2.91.